The van der Waals surface area contributed by atoms with E-state index in [0.29, 0.717) is 12.5 Å². The van der Waals surface area contributed by atoms with Gasteiger partial charge >= 0.3 is 0 Å². The Kier molecular flexibility index (Phi) is 3.98. The molecular weight excluding hydrogens is 326 g/mol. The molecule has 0 bridgehead atoms. The van der Waals surface area contributed by atoms with Crippen molar-refractivity contribution in [3.05, 3.63) is 45.8 Å². The molecule has 0 radical (unpaired) electrons. The molecule has 0 aromatic carbocycles. The van der Waals surface area contributed by atoms with Crippen LogP contribution in [0.5, 0.6) is 0 Å². The number of fused-ring (bicyclic) bond motifs is 1. The molecule has 1 aliphatic heterocycles. The topological polar surface area (TPSA) is 63.9 Å². The molecule has 26 heavy (non-hydrogen) atoms. The Balaban J connectivity index is 1.39. The van der Waals surface area contributed by atoms with Gasteiger partial charge in [-0.3, -0.25) is 4.79 Å². The van der Waals surface area contributed by atoms with E-state index in [1.165, 1.54) is 31.4 Å². The highest BCUT2D eigenvalue weighted by Gasteiger charge is 2.30. The molecule has 2 aromatic rings. The fraction of sp³-hybridized carbons (Fsp3) is 0.600. The molecule has 2 aromatic heterocycles. The van der Waals surface area contributed by atoms with E-state index in [1.807, 2.05) is 6.07 Å². The van der Waals surface area contributed by atoms with Crippen molar-refractivity contribution in [3.8, 4) is 0 Å². The van der Waals surface area contributed by atoms with Gasteiger partial charge in [0.05, 0.1) is 18.3 Å². The third kappa shape index (κ3) is 3.02. The number of aryl methyl sites for hydroxylation is 2. The standard InChI is InChI=1S/C20H25N5O/c26-20-10-15-4-1-2-6-17(15)23-25(20)12-16-5-3-9-24(16)19-11-18(14-7-8-14)21-13-22-19/h10-11,13-14,16H,1-9,12H2. The molecule has 3 heterocycles. The summed E-state index contributed by atoms with van der Waals surface area (Å²) in [6, 6.07) is 4.25. The van der Waals surface area contributed by atoms with Gasteiger partial charge in [0.15, 0.2) is 0 Å². The molecule has 2 aliphatic carbocycles. The van der Waals surface area contributed by atoms with Crippen LogP contribution in [0.15, 0.2) is 23.3 Å². The Morgan fingerprint density at radius 2 is 1.92 bits per heavy atom. The van der Waals surface area contributed by atoms with Gasteiger partial charge in [-0.2, -0.15) is 5.10 Å². The number of hydrogen-bond donors (Lipinski definition) is 0. The summed E-state index contributed by atoms with van der Waals surface area (Å²) in [6.07, 6.45) is 10.7. The Hall–Kier alpha value is -2.24. The van der Waals surface area contributed by atoms with Gasteiger partial charge in [0, 0.05) is 30.3 Å². The van der Waals surface area contributed by atoms with Crippen LogP contribution in [0.2, 0.25) is 0 Å². The van der Waals surface area contributed by atoms with E-state index in [9.17, 15) is 4.79 Å². The van der Waals surface area contributed by atoms with E-state index in [0.717, 1.165) is 49.3 Å². The summed E-state index contributed by atoms with van der Waals surface area (Å²) >= 11 is 0. The maximum atomic E-state index is 12.5. The van der Waals surface area contributed by atoms with Crippen LogP contribution in [-0.2, 0) is 19.4 Å². The summed E-state index contributed by atoms with van der Waals surface area (Å²) in [5.74, 6) is 1.64. The fourth-order valence-corrected chi connectivity index (χ4v) is 4.38. The number of nitrogens with zero attached hydrogens (tertiary/aromatic N) is 5. The molecule has 136 valence electrons. The van der Waals surface area contributed by atoms with Crippen molar-refractivity contribution >= 4 is 5.82 Å². The second-order valence-corrected chi connectivity index (χ2v) is 7.91. The summed E-state index contributed by atoms with van der Waals surface area (Å²) in [6.45, 7) is 1.64. The molecule has 5 rings (SSSR count). The van der Waals surface area contributed by atoms with Crippen molar-refractivity contribution < 1.29 is 0 Å². The highest BCUT2D eigenvalue weighted by molar-refractivity contribution is 5.42. The van der Waals surface area contributed by atoms with Crippen molar-refractivity contribution in [3.63, 3.8) is 0 Å². The predicted octanol–water partition coefficient (Wildman–Crippen LogP) is 2.46. The van der Waals surface area contributed by atoms with Crippen molar-refractivity contribution in [2.45, 2.75) is 69.9 Å². The van der Waals surface area contributed by atoms with Gasteiger partial charge in [-0.1, -0.05) is 0 Å². The molecule has 0 N–H and O–H groups in total. The van der Waals surface area contributed by atoms with E-state index in [4.69, 9.17) is 5.10 Å². The molecule has 6 nitrogen and oxygen atoms in total. The number of rotatable bonds is 4. The molecule has 3 aliphatic rings. The van der Waals surface area contributed by atoms with Crippen molar-refractivity contribution in [2.75, 3.05) is 11.4 Å². The van der Waals surface area contributed by atoms with Gasteiger partial charge in [-0.25, -0.2) is 14.6 Å². The minimum absolute atomic E-state index is 0.0406. The molecule has 1 saturated carbocycles. The second kappa shape index (κ2) is 6.49. The molecule has 0 amide bonds. The zero-order chi connectivity index (χ0) is 17.5. The molecule has 6 heteroatoms. The molecule has 1 atom stereocenters. The average molecular weight is 351 g/mol. The number of hydrogen-bond acceptors (Lipinski definition) is 5. The molecule has 1 unspecified atom stereocenters. The largest absolute Gasteiger partial charge is 0.352 e. The maximum absolute atomic E-state index is 12.5. The zero-order valence-electron chi connectivity index (χ0n) is 15.1. The van der Waals surface area contributed by atoms with Crippen molar-refractivity contribution in [2.24, 2.45) is 0 Å². The second-order valence-electron chi connectivity index (χ2n) is 7.91. The predicted molar refractivity (Wildman–Crippen MR) is 99.5 cm³/mol. The van der Waals surface area contributed by atoms with Crippen LogP contribution in [0, 0.1) is 0 Å². The van der Waals surface area contributed by atoms with Crippen molar-refractivity contribution in [1.82, 2.24) is 19.7 Å². The van der Waals surface area contributed by atoms with Gasteiger partial charge in [0.25, 0.3) is 5.56 Å². The van der Waals surface area contributed by atoms with E-state index in [1.54, 1.807) is 11.0 Å². The quantitative estimate of drug-likeness (QED) is 0.847. The number of anilines is 1. The van der Waals surface area contributed by atoms with E-state index in [-0.39, 0.29) is 11.6 Å². The third-order valence-electron chi connectivity index (χ3n) is 6.00. The first-order valence-electron chi connectivity index (χ1n) is 9.96. The Morgan fingerprint density at radius 3 is 2.81 bits per heavy atom. The Bertz CT molecular complexity index is 873. The highest BCUT2D eigenvalue weighted by Crippen LogP contribution is 2.40. The number of aromatic nitrogens is 4. The minimum atomic E-state index is 0.0406. The van der Waals surface area contributed by atoms with Crippen LogP contribution < -0.4 is 10.5 Å². The van der Waals surface area contributed by atoms with Crippen LogP contribution in [0.1, 0.15) is 61.4 Å². The lowest BCUT2D eigenvalue weighted by atomic mass is 9.97. The fourth-order valence-electron chi connectivity index (χ4n) is 4.38. The van der Waals surface area contributed by atoms with E-state index >= 15 is 0 Å². The minimum Gasteiger partial charge on any atom is -0.352 e. The van der Waals surface area contributed by atoms with Crippen LogP contribution in [0.4, 0.5) is 5.82 Å². The lowest BCUT2D eigenvalue weighted by Gasteiger charge is -2.26. The third-order valence-corrected chi connectivity index (χ3v) is 6.00. The zero-order valence-corrected chi connectivity index (χ0v) is 15.1. The summed E-state index contributed by atoms with van der Waals surface area (Å²) in [7, 11) is 0. The summed E-state index contributed by atoms with van der Waals surface area (Å²) < 4.78 is 1.69. The Labute approximate surface area is 153 Å². The normalized spacial score (nSPS) is 22.5. The lowest BCUT2D eigenvalue weighted by molar-refractivity contribution is 0.472. The Morgan fingerprint density at radius 1 is 1.04 bits per heavy atom. The van der Waals surface area contributed by atoms with Gasteiger partial charge in [0.1, 0.15) is 12.1 Å². The van der Waals surface area contributed by atoms with Crippen LogP contribution in [-0.4, -0.2) is 32.3 Å². The van der Waals surface area contributed by atoms with Crippen LogP contribution in [0.3, 0.4) is 0 Å². The SMILES string of the molecule is O=c1cc2c(nn1CC1CCCN1c1cc(C3CC3)ncn1)CCCC2. The summed E-state index contributed by atoms with van der Waals surface area (Å²) in [4.78, 5) is 23.8. The molecule has 2 fully saturated rings. The van der Waals surface area contributed by atoms with E-state index < -0.39 is 0 Å². The maximum Gasteiger partial charge on any atom is 0.267 e. The van der Waals surface area contributed by atoms with Crippen molar-refractivity contribution in [1.29, 1.82) is 0 Å². The molecule has 1 saturated heterocycles. The first-order valence-corrected chi connectivity index (χ1v) is 9.96. The van der Waals surface area contributed by atoms with Crippen LogP contribution >= 0.6 is 0 Å². The monoisotopic (exact) mass is 351 g/mol. The first-order chi connectivity index (χ1) is 12.8. The average Bonchev–Trinajstić information content (AvgIpc) is 3.42. The van der Waals surface area contributed by atoms with Gasteiger partial charge in [-0.05, 0) is 56.9 Å². The molecular formula is C20H25N5O. The smallest absolute Gasteiger partial charge is 0.267 e. The molecule has 0 spiro atoms. The van der Waals surface area contributed by atoms with Gasteiger partial charge < -0.3 is 4.90 Å². The first kappa shape index (κ1) is 16.0. The van der Waals surface area contributed by atoms with Crippen LogP contribution in [0.25, 0.3) is 0 Å². The highest BCUT2D eigenvalue weighted by atomic mass is 16.1. The van der Waals surface area contributed by atoms with Gasteiger partial charge in [-0.15, -0.1) is 0 Å². The van der Waals surface area contributed by atoms with Gasteiger partial charge in [0.2, 0.25) is 0 Å². The van der Waals surface area contributed by atoms with E-state index in [2.05, 4.69) is 20.9 Å². The lowest BCUT2D eigenvalue weighted by Crippen LogP contribution is -2.38. The summed E-state index contributed by atoms with van der Waals surface area (Å²) in [5, 5.41) is 4.70. The summed E-state index contributed by atoms with van der Waals surface area (Å²) in [5.41, 5.74) is 3.49.